The van der Waals surface area contributed by atoms with Gasteiger partial charge in [0.15, 0.2) is 0 Å². The highest BCUT2D eigenvalue weighted by Gasteiger charge is 2.22. The SMILES string of the molecule is Cc1cc(C)c(N(c2ccccc2)c2ccc(-c3ccccc3)n2Cc2cccc(Br)c2)c(C)c1. The number of para-hydroxylation sites is 1. The molecule has 0 fully saturated rings. The summed E-state index contributed by atoms with van der Waals surface area (Å²) in [7, 11) is 0. The normalized spacial score (nSPS) is 11.0. The third-order valence-electron chi connectivity index (χ3n) is 6.36. The lowest BCUT2D eigenvalue weighted by Crippen LogP contribution is -2.18. The Labute approximate surface area is 216 Å². The molecule has 4 aromatic carbocycles. The molecule has 0 radical (unpaired) electrons. The zero-order valence-corrected chi connectivity index (χ0v) is 22.0. The summed E-state index contributed by atoms with van der Waals surface area (Å²) in [4.78, 5) is 2.41. The maximum absolute atomic E-state index is 3.66. The molecule has 0 N–H and O–H groups in total. The van der Waals surface area contributed by atoms with Crippen LogP contribution >= 0.6 is 15.9 Å². The fraction of sp³-hybridized carbons (Fsp3) is 0.125. The fourth-order valence-electron chi connectivity index (χ4n) is 4.98. The standard InChI is InChI=1S/C32H29BrN2/c1-23-19-24(2)32(25(3)20-23)35(29-15-8-5-9-16-29)31-18-17-30(27-12-6-4-7-13-27)34(31)22-26-11-10-14-28(33)21-26/h4-21H,22H2,1-3H3. The first-order valence-corrected chi connectivity index (χ1v) is 12.7. The Balaban J connectivity index is 1.76. The molecule has 0 saturated carbocycles. The highest BCUT2D eigenvalue weighted by atomic mass is 79.9. The molecule has 2 nitrogen and oxygen atoms in total. The Morgan fingerprint density at radius 1 is 0.686 bits per heavy atom. The number of rotatable bonds is 6. The second kappa shape index (κ2) is 9.97. The van der Waals surface area contributed by atoms with Crippen LogP contribution in [0.5, 0.6) is 0 Å². The molecule has 35 heavy (non-hydrogen) atoms. The molecule has 0 atom stereocenters. The van der Waals surface area contributed by atoms with E-state index in [-0.39, 0.29) is 0 Å². The first-order valence-electron chi connectivity index (χ1n) is 11.9. The van der Waals surface area contributed by atoms with E-state index in [1.165, 1.54) is 39.2 Å². The maximum Gasteiger partial charge on any atom is 0.118 e. The molecule has 0 aliphatic heterocycles. The highest BCUT2D eigenvalue weighted by molar-refractivity contribution is 9.10. The number of halogens is 1. The summed E-state index contributed by atoms with van der Waals surface area (Å²) in [6.45, 7) is 7.36. The van der Waals surface area contributed by atoms with Gasteiger partial charge in [-0.3, -0.25) is 4.90 Å². The second-order valence-electron chi connectivity index (χ2n) is 9.08. The number of hydrogen-bond acceptors (Lipinski definition) is 1. The van der Waals surface area contributed by atoms with Gasteiger partial charge in [-0.1, -0.05) is 94.3 Å². The molecular formula is C32H29BrN2. The average molecular weight is 522 g/mol. The topological polar surface area (TPSA) is 8.17 Å². The third kappa shape index (κ3) is 4.82. The van der Waals surface area contributed by atoms with E-state index in [4.69, 9.17) is 0 Å². The minimum absolute atomic E-state index is 0.763. The smallest absolute Gasteiger partial charge is 0.118 e. The van der Waals surface area contributed by atoms with E-state index in [0.717, 1.165) is 22.5 Å². The van der Waals surface area contributed by atoms with Gasteiger partial charge in [0.25, 0.3) is 0 Å². The van der Waals surface area contributed by atoms with E-state index < -0.39 is 0 Å². The van der Waals surface area contributed by atoms with E-state index in [1.807, 2.05) is 0 Å². The second-order valence-corrected chi connectivity index (χ2v) is 9.99. The van der Waals surface area contributed by atoms with Crippen molar-refractivity contribution in [3.05, 3.63) is 136 Å². The Morgan fingerprint density at radius 2 is 1.34 bits per heavy atom. The first kappa shape index (κ1) is 23.2. The maximum atomic E-state index is 3.66. The molecule has 0 unspecified atom stereocenters. The summed E-state index contributed by atoms with van der Waals surface area (Å²) >= 11 is 3.66. The fourth-order valence-corrected chi connectivity index (χ4v) is 5.42. The summed E-state index contributed by atoms with van der Waals surface area (Å²) in [5.41, 5.74) is 9.85. The Morgan fingerprint density at radius 3 is 2.00 bits per heavy atom. The number of aryl methyl sites for hydroxylation is 3. The predicted octanol–water partition coefficient (Wildman–Crippen LogP) is 9.36. The lowest BCUT2D eigenvalue weighted by Gasteiger charge is -2.30. The monoisotopic (exact) mass is 520 g/mol. The lowest BCUT2D eigenvalue weighted by molar-refractivity contribution is 0.808. The van der Waals surface area contributed by atoms with Crippen molar-refractivity contribution in [3.63, 3.8) is 0 Å². The third-order valence-corrected chi connectivity index (χ3v) is 6.85. The predicted molar refractivity (Wildman–Crippen MR) is 152 cm³/mol. The van der Waals surface area contributed by atoms with Crippen LogP contribution < -0.4 is 4.90 Å². The van der Waals surface area contributed by atoms with Gasteiger partial charge < -0.3 is 4.57 Å². The van der Waals surface area contributed by atoms with Crippen molar-refractivity contribution >= 4 is 33.1 Å². The van der Waals surface area contributed by atoms with Crippen molar-refractivity contribution in [2.45, 2.75) is 27.3 Å². The molecule has 174 valence electrons. The van der Waals surface area contributed by atoms with Crippen LogP contribution in [0.25, 0.3) is 11.3 Å². The van der Waals surface area contributed by atoms with Crippen molar-refractivity contribution in [1.29, 1.82) is 0 Å². The zero-order valence-electron chi connectivity index (χ0n) is 20.4. The first-order chi connectivity index (χ1) is 17.0. The largest absolute Gasteiger partial charge is 0.322 e. The summed E-state index contributed by atoms with van der Waals surface area (Å²) in [6, 6.07) is 39.0. The summed E-state index contributed by atoms with van der Waals surface area (Å²) in [5, 5.41) is 0. The van der Waals surface area contributed by atoms with Crippen LogP contribution in [0.3, 0.4) is 0 Å². The minimum Gasteiger partial charge on any atom is -0.322 e. The van der Waals surface area contributed by atoms with Gasteiger partial charge in [0.05, 0.1) is 11.4 Å². The van der Waals surface area contributed by atoms with E-state index in [9.17, 15) is 0 Å². The molecule has 5 rings (SSSR count). The van der Waals surface area contributed by atoms with Gasteiger partial charge in [-0.25, -0.2) is 0 Å². The van der Waals surface area contributed by atoms with Crippen molar-refractivity contribution in [2.24, 2.45) is 0 Å². The molecule has 1 heterocycles. The lowest BCUT2D eigenvalue weighted by atomic mass is 10.0. The molecule has 0 spiro atoms. The van der Waals surface area contributed by atoms with Crippen molar-refractivity contribution in [2.75, 3.05) is 4.90 Å². The van der Waals surface area contributed by atoms with Crippen LogP contribution in [-0.2, 0) is 6.54 Å². The molecule has 5 aromatic rings. The molecule has 0 bridgehead atoms. The Hall–Kier alpha value is -3.56. The van der Waals surface area contributed by atoms with Gasteiger partial charge in [0, 0.05) is 16.7 Å². The number of anilines is 3. The molecular weight excluding hydrogens is 492 g/mol. The summed E-state index contributed by atoms with van der Waals surface area (Å²) < 4.78 is 3.53. The number of aromatic nitrogens is 1. The van der Waals surface area contributed by atoms with Gasteiger partial charge in [-0.2, -0.15) is 0 Å². The van der Waals surface area contributed by atoms with Crippen LogP contribution in [0.2, 0.25) is 0 Å². The highest BCUT2D eigenvalue weighted by Crippen LogP contribution is 2.41. The van der Waals surface area contributed by atoms with Crippen LogP contribution in [-0.4, -0.2) is 4.57 Å². The van der Waals surface area contributed by atoms with E-state index in [1.54, 1.807) is 0 Å². The van der Waals surface area contributed by atoms with Gasteiger partial charge in [-0.05, 0) is 79.4 Å². The number of benzene rings is 4. The molecule has 0 aliphatic carbocycles. The van der Waals surface area contributed by atoms with Crippen LogP contribution in [0.4, 0.5) is 17.2 Å². The molecule has 0 amide bonds. The van der Waals surface area contributed by atoms with Crippen molar-refractivity contribution in [1.82, 2.24) is 4.57 Å². The average Bonchev–Trinajstić information content (AvgIpc) is 3.25. The number of nitrogens with zero attached hydrogens (tertiary/aromatic N) is 2. The quantitative estimate of drug-likeness (QED) is 0.216. The van der Waals surface area contributed by atoms with E-state index in [0.29, 0.717) is 0 Å². The molecule has 1 aromatic heterocycles. The summed E-state index contributed by atoms with van der Waals surface area (Å²) in [5.74, 6) is 1.14. The van der Waals surface area contributed by atoms with Crippen LogP contribution in [0.1, 0.15) is 22.3 Å². The number of hydrogen-bond donors (Lipinski definition) is 0. The summed E-state index contributed by atoms with van der Waals surface area (Å²) in [6.07, 6.45) is 0. The Kier molecular flexibility index (Phi) is 6.61. The van der Waals surface area contributed by atoms with Crippen molar-refractivity contribution < 1.29 is 0 Å². The van der Waals surface area contributed by atoms with Gasteiger partial charge in [0.1, 0.15) is 5.82 Å². The van der Waals surface area contributed by atoms with Gasteiger partial charge >= 0.3 is 0 Å². The van der Waals surface area contributed by atoms with Crippen molar-refractivity contribution in [3.8, 4) is 11.3 Å². The molecule has 0 saturated heterocycles. The molecule has 3 heteroatoms. The Bertz CT molecular complexity index is 1430. The zero-order chi connectivity index (χ0) is 24.4. The van der Waals surface area contributed by atoms with Gasteiger partial charge in [-0.15, -0.1) is 0 Å². The van der Waals surface area contributed by atoms with Crippen LogP contribution in [0, 0.1) is 20.8 Å². The molecule has 0 aliphatic rings. The van der Waals surface area contributed by atoms with Gasteiger partial charge in [0.2, 0.25) is 0 Å². The van der Waals surface area contributed by atoms with E-state index in [2.05, 4.69) is 155 Å². The minimum atomic E-state index is 0.763. The van der Waals surface area contributed by atoms with Crippen LogP contribution in [0.15, 0.2) is 114 Å². The van der Waals surface area contributed by atoms with E-state index >= 15 is 0 Å².